The fourth-order valence-corrected chi connectivity index (χ4v) is 1.48. The number of nitrogens with zero attached hydrogens (tertiary/aromatic N) is 2. The summed E-state index contributed by atoms with van der Waals surface area (Å²) in [4.78, 5) is 14.9. The summed E-state index contributed by atoms with van der Waals surface area (Å²) in [5.74, 6) is 0. The molecule has 1 atom stereocenters. The lowest BCUT2D eigenvalue weighted by atomic mass is 10.3. The van der Waals surface area contributed by atoms with Crippen molar-refractivity contribution >= 4 is 6.03 Å². The van der Waals surface area contributed by atoms with Crippen LogP contribution in [-0.4, -0.2) is 48.6 Å². The highest BCUT2D eigenvalue weighted by Gasteiger charge is 2.20. The van der Waals surface area contributed by atoms with E-state index in [1.54, 1.807) is 4.90 Å². The van der Waals surface area contributed by atoms with Crippen LogP contribution in [0.1, 0.15) is 13.3 Å². The van der Waals surface area contributed by atoms with Gasteiger partial charge in [0.05, 0.1) is 0 Å². The fraction of sp³-hybridized carbons (Fsp3) is 0.875. The lowest BCUT2D eigenvalue weighted by Crippen LogP contribution is -2.42. The van der Waals surface area contributed by atoms with Gasteiger partial charge in [-0.2, -0.15) is 0 Å². The molecule has 1 unspecified atom stereocenters. The Balaban J connectivity index is 2.54. The molecule has 70 valence electrons. The Morgan fingerprint density at radius 1 is 1.50 bits per heavy atom. The maximum Gasteiger partial charge on any atom is 0.314 e. The van der Waals surface area contributed by atoms with Crippen molar-refractivity contribution in [3.63, 3.8) is 0 Å². The van der Waals surface area contributed by atoms with Gasteiger partial charge < -0.3 is 15.5 Å². The number of nitrogens with two attached hydrogens (primary N) is 1. The van der Waals surface area contributed by atoms with Crippen molar-refractivity contribution < 1.29 is 4.79 Å². The normalized spacial score (nSPS) is 26.8. The highest BCUT2D eigenvalue weighted by Crippen LogP contribution is 2.06. The SMILES string of the molecule is CC1CN(C(N)=O)CCCN1C. The van der Waals surface area contributed by atoms with Crippen LogP contribution in [-0.2, 0) is 0 Å². The van der Waals surface area contributed by atoms with Crippen LogP contribution in [0.3, 0.4) is 0 Å². The molecule has 0 aromatic carbocycles. The highest BCUT2D eigenvalue weighted by atomic mass is 16.2. The van der Waals surface area contributed by atoms with Gasteiger partial charge in [-0.15, -0.1) is 0 Å². The molecule has 1 heterocycles. The molecule has 1 aliphatic heterocycles. The number of carbonyl (C=O) groups excluding carboxylic acids is 1. The molecule has 4 nitrogen and oxygen atoms in total. The van der Waals surface area contributed by atoms with Gasteiger partial charge in [0.1, 0.15) is 0 Å². The van der Waals surface area contributed by atoms with Crippen LogP contribution in [0.15, 0.2) is 0 Å². The zero-order valence-electron chi connectivity index (χ0n) is 7.79. The molecule has 1 saturated heterocycles. The average Bonchev–Trinajstić information content (AvgIpc) is 2.15. The molecule has 1 aliphatic rings. The molecule has 0 bridgehead atoms. The van der Waals surface area contributed by atoms with Crippen molar-refractivity contribution in [2.45, 2.75) is 19.4 Å². The predicted octanol–water partition coefficient (Wildman–Crippen LogP) is 0.0911. The van der Waals surface area contributed by atoms with Gasteiger partial charge in [0.25, 0.3) is 0 Å². The number of hydrogen-bond donors (Lipinski definition) is 1. The van der Waals surface area contributed by atoms with Crippen molar-refractivity contribution in [1.29, 1.82) is 0 Å². The van der Waals surface area contributed by atoms with Crippen molar-refractivity contribution in [3.8, 4) is 0 Å². The third-order valence-corrected chi connectivity index (χ3v) is 2.49. The van der Waals surface area contributed by atoms with E-state index in [1.807, 2.05) is 0 Å². The van der Waals surface area contributed by atoms with Crippen LogP contribution in [0.2, 0.25) is 0 Å². The summed E-state index contributed by atoms with van der Waals surface area (Å²) < 4.78 is 0. The molecule has 0 saturated carbocycles. The second-order valence-corrected chi connectivity index (χ2v) is 3.47. The first-order valence-electron chi connectivity index (χ1n) is 4.36. The van der Waals surface area contributed by atoms with Gasteiger partial charge in [-0.05, 0) is 26.9 Å². The van der Waals surface area contributed by atoms with Crippen LogP contribution in [0.4, 0.5) is 4.79 Å². The number of amides is 2. The summed E-state index contributed by atoms with van der Waals surface area (Å²) in [6.45, 7) is 4.71. The Morgan fingerprint density at radius 2 is 2.17 bits per heavy atom. The Kier molecular flexibility index (Phi) is 2.92. The summed E-state index contributed by atoms with van der Waals surface area (Å²) in [7, 11) is 2.08. The number of carbonyl (C=O) groups is 1. The molecule has 1 fully saturated rings. The first kappa shape index (κ1) is 9.32. The third-order valence-electron chi connectivity index (χ3n) is 2.49. The maximum atomic E-state index is 10.9. The predicted molar refractivity (Wildman–Crippen MR) is 47.9 cm³/mol. The first-order chi connectivity index (χ1) is 5.61. The summed E-state index contributed by atoms with van der Waals surface area (Å²) in [5.41, 5.74) is 5.21. The summed E-state index contributed by atoms with van der Waals surface area (Å²) in [5, 5.41) is 0. The topological polar surface area (TPSA) is 49.6 Å². The van der Waals surface area contributed by atoms with Crippen molar-refractivity contribution in [3.05, 3.63) is 0 Å². The van der Waals surface area contributed by atoms with Gasteiger partial charge in [-0.25, -0.2) is 4.79 Å². The lowest BCUT2D eigenvalue weighted by molar-refractivity contribution is 0.197. The van der Waals surface area contributed by atoms with Gasteiger partial charge in [0.15, 0.2) is 0 Å². The van der Waals surface area contributed by atoms with Crippen LogP contribution in [0.25, 0.3) is 0 Å². The highest BCUT2D eigenvalue weighted by molar-refractivity contribution is 5.72. The monoisotopic (exact) mass is 171 g/mol. The van der Waals surface area contributed by atoms with Crippen molar-refractivity contribution in [1.82, 2.24) is 9.80 Å². The number of hydrogen-bond acceptors (Lipinski definition) is 2. The molecule has 12 heavy (non-hydrogen) atoms. The Bertz CT molecular complexity index is 172. The van der Waals surface area contributed by atoms with Gasteiger partial charge >= 0.3 is 6.03 Å². The second kappa shape index (κ2) is 3.76. The molecular formula is C8H17N3O. The minimum Gasteiger partial charge on any atom is -0.351 e. The molecule has 4 heteroatoms. The number of rotatable bonds is 0. The van der Waals surface area contributed by atoms with Gasteiger partial charge in [-0.1, -0.05) is 0 Å². The Labute approximate surface area is 73.3 Å². The van der Waals surface area contributed by atoms with Gasteiger partial charge in [0, 0.05) is 19.1 Å². The van der Waals surface area contributed by atoms with E-state index in [2.05, 4.69) is 18.9 Å². The average molecular weight is 171 g/mol. The zero-order valence-corrected chi connectivity index (χ0v) is 7.79. The van der Waals surface area contributed by atoms with Crippen LogP contribution < -0.4 is 5.73 Å². The molecule has 2 amide bonds. The molecule has 1 rings (SSSR count). The molecular weight excluding hydrogens is 154 g/mol. The Hall–Kier alpha value is -0.770. The molecule has 2 N–H and O–H groups in total. The maximum absolute atomic E-state index is 10.9. The van der Waals surface area contributed by atoms with E-state index in [0.717, 1.165) is 26.1 Å². The van der Waals surface area contributed by atoms with E-state index in [4.69, 9.17) is 5.73 Å². The van der Waals surface area contributed by atoms with E-state index in [0.29, 0.717) is 6.04 Å². The fourth-order valence-electron chi connectivity index (χ4n) is 1.48. The van der Waals surface area contributed by atoms with E-state index < -0.39 is 0 Å². The number of primary amides is 1. The number of likely N-dealkylation sites (N-methyl/N-ethyl adjacent to an activating group) is 1. The van der Waals surface area contributed by atoms with Crippen LogP contribution in [0, 0.1) is 0 Å². The van der Waals surface area contributed by atoms with Crippen molar-refractivity contribution in [2.24, 2.45) is 5.73 Å². The minimum atomic E-state index is -0.294. The molecule has 0 aromatic rings. The number of urea groups is 1. The standard InChI is InChI=1S/C8H17N3O/c1-7-6-11(8(9)12)5-3-4-10(7)2/h7H,3-6H2,1-2H3,(H2,9,12). The van der Waals surface area contributed by atoms with Crippen LogP contribution >= 0.6 is 0 Å². The lowest BCUT2D eigenvalue weighted by Gasteiger charge is -2.24. The molecule has 0 radical (unpaired) electrons. The van der Waals surface area contributed by atoms with E-state index in [9.17, 15) is 4.79 Å². The Morgan fingerprint density at radius 3 is 2.75 bits per heavy atom. The van der Waals surface area contributed by atoms with Gasteiger partial charge in [-0.3, -0.25) is 0 Å². The third kappa shape index (κ3) is 2.11. The van der Waals surface area contributed by atoms with E-state index in [1.165, 1.54) is 0 Å². The second-order valence-electron chi connectivity index (χ2n) is 3.47. The smallest absolute Gasteiger partial charge is 0.314 e. The van der Waals surface area contributed by atoms with E-state index in [-0.39, 0.29) is 6.03 Å². The molecule has 0 aliphatic carbocycles. The summed E-state index contributed by atoms with van der Waals surface area (Å²) in [6.07, 6.45) is 1.02. The minimum absolute atomic E-state index is 0.294. The molecule has 0 spiro atoms. The first-order valence-corrected chi connectivity index (χ1v) is 4.36. The zero-order chi connectivity index (χ0) is 9.14. The summed E-state index contributed by atoms with van der Waals surface area (Å²) >= 11 is 0. The van der Waals surface area contributed by atoms with Crippen LogP contribution in [0.5, 0.6) is 0 Å². The van der Waals surface area contributed by atoms with Crippen molar-refractivity contribution in [2.75, 3.05) is 26.7 Å². The van der Waals surface area contributed by atoms with Gasteiger partial charge in [0.2, 0.25) is 0 Å². The summed E-state index contributed by atoms with van der Waals surface area (Å²) in [6, 6.07) is 0.122. The van der Waals surface area contributed by atoms with E-state index >= 15 is 0 Å². The molecule has 0 aromatic heterocycles. The quantitative estimate of drug-likeness (QED) is 0.561. The largest absolute Gasteiger partial charge is 0.351 e.